The molecule has 0 fully saturated rings. The first-order valence-corrected chi connectivity index (χ1v) is 11.8. The van der Waals surface area contributed by atoms with Crippen LogP contribution < -0.4 is 4.74 Å². The van der Waals surface area contributed by atoms with Gasteiger partial charge in [-0.15, -0.1) is 0 Å². The standard InChI is InChI=1S/C24H25ClN2O4S/c1-26(16-20-8-12-22(31-2)13-9-20)24(28)18-27(17-19-6-4-3-5-7-19)32(29,30)23-14-10-21(25)11-15-23/h3-15H,16-18H2,1-2H3. The number of carbonyl (C=O) groups excluding carboxylic acids is 1. The van der Waals surface area contributed by atoms with E-state index in [2.05, 4.69) is 0 Å². The Morgan fingerprint density at radius 1 is 0.875 bits per heavy atom. The zero-order valence-corrected chi connectivity index (χ0v) is 19.5. The average molecular weight is 473 g/mol. The first-order valence-electron chi connectivity index (χ1n) is 9.96. The smallest absolute Gasteiger partial charge is 0.243 e. The van der Waals surface area contributed by atoms with Gasteiger partial charge in [-0.3, -0.25) is 4.79 Å². The highest BCUT2D eigenvalue weighted by Gasteiger charge is 2.28. The molecule has 0 saturated carbocycles. The van der Waals surface area contributed by atoms with Gasteiger partial charge in [-0.05, 0) is 47.5 Å². The van der Waals surface area contributed by atoms with Crippen molar-refractivity contribution in [2.24, 2.45) is 0 Å². The number of amides is 1. The third kappa shape index (κ3) is 6.09. The first-order chi connectivity index (χ1) is 15.3. The number of sulfonamides is 1. The van der Waals surface area contributed by atoms with Crippen molar-refractivity contribution in [3.05, 3.63) is 95.0 Å². The summed E-state index contributed by atoms with van der Waals surface area (Å²) in [5.74, 6) is 0.417. The van der Waals surface area contributed by atoms with E-state index in [0.717, 1.165) is 16.9 Å². The van der Waals surface area contributed by atoms with Crippen LogP contribution in [0.1, 0.15) is 11.1 Å². The second kappa shape index (κ2) is 10.6. The molecule has 0 spiro atoms. The fourth-order valence-electron chi connectivity index (χ4n) is 3.13. The van der Waals surface area contributed by atoms with E-state index >= 15 is 0 Å². The summed E-state index contributed by atoms with van der Waals surface area (Å²) in [5, 5.41) is 0.439. The van der Waals surface area contributed by atoms with Crippen LogP contribution in [0.15, 0.2) is 83.8 Å². The van der Waals surface area contributed by atoms with Crippen molar-refractivity contribution >= 4 is 27.5 Å². The third-order valence-corrected chi connectivity index (χ3v) is 7.03. The Balaban J connectivity index is 1.80. The van der Waals surface area contributed by atoms with E-state index in [1.54, 1.807) is 14.2 Å². The summed E-state index contributed by atoms with van der Waals surface area (Å²) >= 11 is 5.92. The van der Waals surface area contributed by atoms with Gasteiger partial charge >= 0.3 is 0 Å². The van der Waals surface area contributed by atoms with Crippen molar-refractivity contribution in [3.8, 4) is 5.75 Å². The van der Waals surface area contributed by atoms with Gasteiger partial charge in [0.15, 0.2) is 0 Å². The minimum absolute atomic E-state index is 0.0773. The van der Waals surface area contributed by atoms with Crippen LogP contribution in [0.5, 0.6) is 5.75 Å². The van der Waals surface area contributed by atoms with Crippen LogP contribution in [0, 0.1) is 0 Å². The predicted octanol–water partition coefficient (Wildman–Crippen LogP) is 4.20. The predicted molar refractivity (Wildman–Crippen MR) is 125 cm³/mol. The average Bonchev–Trinajstić information content (AvgIpc) is 2.80. The van der Waals surface area contributed by atoms with Crippen molar-refractivity contribution in [2.75, 3.05) is 20.7 Å². The first kappa shape index (κ1) is 23.8. The molecule has 0 radical (unpaired) electrons. The summed E-state index contributed by atoms with van der Waals surface area (Å²) < 4.78 is 33.0. The Hall–Kier alpha value is -2.87. The molecule has 0 aliphatic heterocycles. The molecule has 32 heavy (non-hydrogen) atoms. The maximum Gasteiger partial charge on any atom is 0.243 e. The van der Waals surface area contributed by atoms with Crippen LogP contribution in [0.4, 0.5) is 0 Å². The number of halogens is 1. The molecule has 0 atom stereocenters. The topological polar surface area (TPSA) is 66.9 Å². The molecule has 3 aromatic rings. The fourth-order valence-corrected chi connectivity index (χ4v) is 4.64. The highest BCUT2D eigenvalue weighted by atomic mass is 35.5. The SMILES string of the molecule is COc1ccc(CN(C)C(=O)CN(Cc2ccccc2)S(=O)(=O)c2ccc(Cl)cc2)cc1. The lowest BCUT2D eigenvalue weighted by Crippen LogP contribution is -2.40. The molecule has 6 nitrogen and oxygen atoms in total. The van der Waals surface area contributed by atoms with E-state index in [4.69, 9.17) is 16.3 Å². The minimum atomic E-state index is -3.92. The van der Waals surface area contributed by atoms with Gasteiger partial charge in [-0.25, -0.2) is 8.42 Å². The van der Waals surface area contributed by atoms with Gasteiger partial charge < -0.3 is 9.64 Å². The Kier molecular flexibility index (Phi) is 7.90. The number of methoxy groups -OCH3 is 1. The molecule has 0 N–H and O–H groups in total. The van der Waals surface area contributed by atoms with Gasteiger partial charge in [-0.1, -0.05) is 54.1 Å². The van der Waals surface area contributed by atoms with Crippen LogP contribution in [0.2, 0.25) is 5.02 Å². The maximum atomic E-state index is 13.3. The highest BCUT2D eigenvalue weighted by Crippen LogP contribution is 2.21. The van der Waals surface area contributed by atoms with Crippen LogP contribution >= 0.6 is 11.6 Å². The zero-order valence-electron chi connectivity index (χ0n) is 17.9. The van der Waals surface area contributed by atoms with Crippen molar-refractivity contribution in [1.29, 1.82) is 0 Å². The molecule has 1 amide bonds. The number of nitrogens with zero attached hydrogens (tertiary/aromatic N) is 2. The molecule has 0 unspecified atom stereocenters. The van der Waals surface area contributed by atoms with E-state index in [0.29, 0.717) is 11.6 Å². The molecule has 0 bridgehead atoms. The number of carbonyl (C=O) groups is 1. The second-order valence-electron chi connectivity index (χ2n) is 7.31. The molecular formula is C24H25ClN2O4S. The highest BCUT2D eigenvalue weighted by molar-refractivity contribution is 7.89. The number of rotatable bonds is 9. The summed E-state index contributed by atoms with van der Waals surface area (Å²) in [5.41, 5.74) is 1.70. The lowest BCUT2D eigenvalue weighted by atomic mass is 10.2. The van der Waals surface area contributed by atoms with Crippen molar-refractivity contribution in [1.82, 2.24) is 9.21 Å². The summed E-state index contributed by atoms with van der Waals surface area (Å²) in [7, 11) is -0.670. The Morgan fingerprint density at radius 2 is 1.47 bits per heavy atom. The van der Waals surface area contributed by atoms with E-state index < -0.39 is 10.0 Å². The number of likely N-dealkylation sites (N-methyl/N-ethyl adjacent to an activating group) is 1. The summed E-state index contributed by atoms with van der Waals surface area (Å²) in [6.07, 6.45) is 0. The van der Waals surface area contributed by atoms with Gasteiger partial charge in [0.05, 0.1) is 18.6 Å². The van der Waals surface area contributed by atoms with Crippen molar-refractivity contribution in [2.45, 2.75) is 18.0 Å². The number of hydrogen-bond donors (Lipinski definition) is 0. The third-order valence-electron chi connectivity index (χ3n) is 4.97. The zero-order chi connectivity index (χ0) is 23.1. The fraction of sp³-hybridized carbons (Fsp3) is 0.208. The van der Waals surface area contributed by atoms with E-state index in [1.807, 2.05) is 54.6 Å². The molecular weight excluding hydrogens is 448 g/mol. The molecule has 0 aliphatic carbocycles. The summed E-state index contributed by atoms with van der Waals surface area (Å²) in [4.78, 5) is 14.6. The Labute approximate surface area is 194 Å². The molecule has 0 heterocycles. The molecule has 3 aromatic carbocycles. The molecule has 168 valence electrons. The largest absolute Gasteiger partial charge is 0.497 e. The number of ether oxygens (including phenoxy) is 1. The quantitative estimate of drug-likeness (QED) is 0.468. The monoisotopic (exact) mass is 472 g/mol. The second-order valence-corrected chi connectivity index (χ2v) is 9.68. The van der Waals surface area contributed by atoms with E-state index in [9.17, 15) is 13.2 Å². The number of benzene rings is 3. The van der Waals surface area contributed by atoms with Gasteiger partial charge in [0.1, 0.15) is 5.75 Å². The molecule has 8 heteroatoms. The van der Waals surface area contributed by atoms with Crippen molar-refractivity contribution < 1.29 is 17.9 Å². The van der Waals surface area contributed by atoms with Crippen LogP contribution in [0.3, 0.4) is 0 Å². The summed E-state index contributed by atoms with van der Waals surface area (Å²) in [6, 6.07) is 22.5. The normalized spacial score (nSPS) is 11.4. The van der Waals surface area contributed by atoms with Crippen LogP contribution in [-0.4, -0.2) is 44.2 Å². The van der Waals surface area contributed by atoms with Gasteiger partial charge in [0, 0.05) is 25.2 Å². The lowest BCUT2D eigenvalue weighted by Gasteiger charge is -2.25. The van der Waals surface area contributed by atoms with Gasteiger partial charge in [-0.2, -0.15) is 4.31 Å². The van der Waals surface area contributed by atoms with Crippen molar-refractivity contribution in [3.63, 3.8) is 0 Å². The maximum absolute atomic E-state index is 13.3. The minimum Gasteiger partial charge on any atom is -0.497 e. The summed E-state index contributed by atoms with van der Waals surface area (Å²) in [6.45, 7) is 0.142. The molecule has 3 rings (SSSR count). The van der Waals surface area contributed by atoms with E-state index in [-0.39, 0.29) is 23.9 Å². The van der Waals surface area contributed by atoms with Gasteiger partial charge in [0.25, 0.3) is 0 Å². The van der Waals surface area contributed by atoms with E-state index in [1.165, 1.54) is 33.5 Å². The number of hydrogen-bond acceptors (Lipinski definition) is 4. The Morgan fingerprint density at radius 3 is 2.06 bits per heavy atom. The Bertz CT molecular complexity index is 1130. The van der Waals surface area contributed by atoms with Crippen LogP contribution in [-0.2, 0) is 27.9 Å². The molecule has 0 aromatic heterocycles. The molecule has 0 aliphatic rings. The van der Waals surface area contributed by atoms with Gasteiger partial charge in [0.2, 0.25) is 15.9 Å². The molecule has 0 saturated heterocycles. The lowest BCUT2D eigenvalue weighted by molar-refractivity contribution is -0.130. The van der Waals surface area contributed by atoms with Crippen LogP contribution in [0.25, 0.3) is 0 Å².